The van der Waals surface area contributed by atoms with Crippen LogP contribution in [-0.2, 0) is 13.1 Å². The van der Waals surface area contributed by atoms with Crippen molar-refractivity contribution < 1.29 is 0 Å². The highest BCUT2D eigenvalue weighted by Crippen LogP contribution is 2.26. The van der Waals surface area contributed by atoms with E-state index in [9.17, 15) is 0 Å². The van der Waals surface area contributed by atoms with Crippen LogP contribution in [0.15, 0.2) is 83.1 Å². The third-order valence-corrected chi connectivity index (χ3v) is 6.94. The van der Waals surface area contributed by atoms with Gasteiger partial charge in [0, 0.05) is 24.6 Å². The van der Waals surface area contributed by atoms with Crippen molar-refractivity contribution in [3.05, 3.63) is 83.9 Å². The van der Waals surface area contributed by atoms with Crippen molar-refractivity contribution in [1.29, 1.82) is 0 Å². The van der Waals surface area contributed by atoms with Gasteiger partial charge in [-0.15, -0.1) is 20.4 Å². The number of benzene rings is 2. The Bertz CT molecular complexity index is 1130. The van der Waals surface area contributed by atoms with E-state index in [2.05, 4.69) is 91.9 Å². The van der Waals surface area contributed by atoms with E-state index >= 15 is 0 Å². The molecule has 0 bridgehead atoms. The maximum absolute atomic E-state index is 4.47. The minimum atomic E-state index is 0.762. The predicted molar refractivity (Wildman–Crippen MR) is 143 cm³/mol. The Hall–Kier alpha value is -3.10. The summed E-state index contributed by atoms with van der Waals surface area (Å²) in [5.74, 6) is 3.17. The molecule has 0 amide bonds. The Labute approximate surface area is 209 Å². The van der Waals surface area contributed by atoms with Gasteiger partial charge < -0.3 is 0 Å². The molecule has 0 fully saturated rings. The quantitative estimate of drug-likeness (QED) is 0.235. The molecule has 0 N–H and O–H groups in total. The second-order valence-corrected chi connectivity index (χ2v) is 9.32. The van der Waals surface area contributed by atoms with Gasteiger partial charge in [0.1, 0.15) is 0 Å². The third kappa shape index (κ3) is 6.07. The summed E-state index contributed by atoms with van der Waals surface area (Å²) in [6.07, 6.45) is 8.56. The van der Waals surface area contributed by atoms with Crippen molar-refractivity contribution in [1.82, 2.24) is 29.5 Å². The van der Waals surface area contributed by atoms with Crippen LogP contribution in [0.2, 0.25) is 0 Å². The molecule has 174 valence electrons. The molecule has 2 aromatic heterocycles. The highest BCUT2D eigenvalue weighted by Gasteiger charge is 2.20. The molecule has 34 heavy (non-hydrogen) atoms. The smallest absolute Gasteiger partial charge is 0.202 e. The summed E-state index contributed by atoms with van der Waals surface area (Å²) in [6.45, 7) is 5.75. The SMILES string of the molecule is CCn1c(SC/C=C/c2ccccc2)nnc1-c1nnc(SC/C=C/c2ccccc2)n1CC. The maximum atomic E-state index is 4.47. The Kier molecular flexibility index (Phi) is 8.76. The number of thioether (sulfide) groups is 2. The number of hydrogen-bond acceptors (Lipinski definition) is 6. The molecule has 0 saturated heterocycles. The molecule has 0 radical (unpaired) electrons. The molecule has 0 aliphatic carbocycles. The van der Waals surface area contributed by atoms with Crippen LogP contribution in [0.25, 0.3) is 23.8 Å². The van der Waals surface area contributed by atoms with Crippen LogP contribution in [0.5, 0.6) is 0 Å². The minimum Gasteiger partial charge on any atom is -0.300 e. The van der Waals surface area contributed by atoms with Crippen molar-refractivity contribution in [2.24, 2.45) is 0 Å². The highest BCUT2D eigenvalue weighted by atomic mass is 32.2. The lowest BCUT2D eigenvalue weighted by atomic mass is 10.2. The fourth-order valence-corrected chi connectivity index (χ4v) is 5.06. The molecule has 0 aliphatic rings. The van der Waals surface area contributed by atoms with Gasteiger partial charge >= 0.3 is 0 Å². The average Bonchev–Trinajstić information content (AvgIpc) is 3.48. The molecule has 0 atom stereocenters. The standard InChI is InChI=1S/C26H28N6S2/c1-3-31-23(27-29-25(31)33-19-11-17-21-13-7-5-8-14-21)24-28-30-26(32(24)4-2)34-20-12-18-22-15-9-6-10-16-22/h5-18H,3-4,19-20H2,1-2H3/b17-11+,18-12+. The van der Waals surface area contributed by atoms with Gasteiger partial charge in [-0.3, -0.25) is 9.13 Å². The lowest BCUT2D eigenvalue weighted by Gasteiger charge is -2.08. The van der Waals surface area contributed by atoms with Gasteiger partial charge in [-0.05, 0) is 25.0 Å². The van der Waals surface area contributed by atoms with Crippen LogP contribution >= 0.6 is 23.5 Å². The van der Waals surface area contributed by atoms with Gasteiger partial charge in [0.15, 0.2) is 10.3 Å². The molecule has 2 aromatic carbocycles. The Morgan fingerprint density at radius 2 is 1.03 bits per heavy atom. The second kappa shape index (κ2) is 12.4. The number of nitrogens with zero attached hydrogens (tertiary/aromatic N) is 6. The lowest BCUT2D eigenvalue weighted by molar-refractivity contribution is 0.659. The lowest BCUT2D eigenvalue weighted by Crippen LogP contribution is -2.06. The highest BCUT2D eigenvalue weighted by molar-refractivity contribution is 7.99. The van der Waals surface area contributed by atoms with Crippen LogP contribution in [0.3, 0.4) is 0 Å². The van der Waals surface area contributed by atoms with Crippen LogP contribution < -0.4 is 0 Å². The first kappa shape index (κ1) is 24.0. The van der Waals surface area contributed by atoms with Crippen molar-refractivity contribution in [3.63, 3.8) is 0 Å². The fourth-order valence-electron chi connectivity index (χ4n) is 3.43. The zero-order chi connectivity index (χ0) is 23.6. The Morgan fingerprint density at radius 1 is 0.618 bits per heavy atom. The summed E-state index contributed by atoms with van der Waals surface area (Å²) in [5, 5.41) is 19.6. The monoisotopic (exact) mass is 488 g/mol. The van der Waals surface area contributed by atoms with E-state index < -0.39 is 0 Å². The Balaban J connectivity index is 1.43. The van der Waals surface area contributed by atoms with Crippen LogP contribution in [0.1, 0.15) is 25.0 Å². The summed E-state index contributed by atoms with van der Waals surface area (Å²) in [5.41, 5.74) is 2.39. The summed E-state index contributed by atoms with van der Waals surface area (Å²) < 4.78 is 4.22. The van der Waals surface area contributed by atoms with Gasteiger partial charge in [-0.1, -0.05) is 108 Å². The largest absolute Gasteiger partial charge is 0.300 e. The van der Waals surface area contributed by atoms with Crippen LogP contribution in [0, 0.1) is 0 Å². The first-order chi connectivity index (χ1) is 16.8. The molecular formula is C26H28N6S2. The normalized spacial score (nSPS) is 11.7. The molecule has 0 saturated carbocycles. The zero-order valence-electron chi connectivity index (χ0n) is 19.4. The summed E-state index contributed by atoms with van der Waals surface area (Å²) in [6, 6.07) is 20.6. The number of hydrogen-bond donors (Lipinski definition) is 0. The summed E-state index contributed by atoms with van der Waals surface area (Å²) in [7, 11) is 0. The van der Waals surface area contributed by atoms with Gasteiger partial charge in [-0.25, -0.2) is 0 Å². The zero-order valence-corrected chi connectivity index (χ0v) is 21.0. The van der Waals surface area contributed by atoms with E-state index in [1.54, 1.807) is 23.5 Å². The van der Waals surface area contributed by atoms with Crippen LogP contribution in [0.4, 0.5) is 0 Å². The fraction of sp³-hybridized carbons (Fsp3) is 0.231. The van der Waals surface area contributed by atoms with Gasteiger partial charge in [0.05, 0.1) is 0 Å². The van der Waals surface area contributed by atoms with Crippen LogP contribution in [-0.4, -0.2) is 41.0 Å². The van der Waals surface area contributed by atoms with E-state index in [0.717, 1.165) is 46.6 Å². The maximum Gasteiger partial charge on any atom is 0.202 e. The molecule has 2 heterocycles. The third-order valence-electron chi connectivity index (χ3n) is 5.10. The number of rotatable bonds is 11. The molecular weight excluding hydrogens is 460 g/mol. The molecule has 4 rings (SSSR count). The first-order valence-electron chi connectivity index (χ1n) is 11.4. The van der Waals surface area contributed by atoms with Gasteiger partial charge in [-0.2, -0.15) is 0 Å². The van der Waals surface area contributed by atoms with E-state index in [4.69, 9.17) is 0 Å². The molecule has 0 aliphatic heterocycles. The van der Waals surface area contributed by atoms with E-state index in [-0.39, 0.29) is 0 Å². The van der Waals surface area contributed by atoms with Crippen molar-refractivity contribution in [3.8, 4) is 11.6 Å². The molecule has 6 nitrogen and oxygen atoms in total. The Morgan fingerprint density at radius 3 is 1.41 bits per heavy atom. The summed E-state index contributed by atoms with van der Waals surface area (Å²) >= 11 is 3.34. The van der Waals surface area contributed by atoms with Crippen molar-refractivity contribution in [2.45, 2.75) is 37.2 Å². The number of aromatic nitrogens is 6. The second-order valence-electron chi connectivity index (χ2n) is 7.35. The predicted octanol–water partition coefficient (Wildman–Crippen LogP) is 6.19. The van der Waals surface area contributed by atoms with Crippen molar-refractivity contribution >= 4 is 35.7 Å². The van der Waals surface area contributed by atoms with Gasteiger partial charge in [0.2, 0.25) is 11.6 Å². The molecule has 0 spiro atoms. The van der Waals surface area contributed by atoms with E-state index in [1.165, 1.54) is 11.1 Å². The topological polar surface area (TPSA) is 61.4 Å². The molecule has 4 aromatic rings. The summed E-state index contributed by atoms with van der Waals surface area (Å²) in [4.78, 5) is 0. The van der Waals surface area contributed by atoms with Crippen molar-refractivity contribution in [2.75, 3.05) is 11.5 Å². The van der Waals surface area contributed by atoms with E-state index in [0.29, 0.717) is 0 Å². The molecule has 8 heteroatoms. The van der Waals surface area contributed by atoms with Gasteiger partial charge in [0.25, 0.3) is 0 Å². The first-order valence-corrected chi connectivity index (χ1v) is 13.3. The van der Waals surface area contributed by atoms with E-state index in [1.807, 2.05) is 36.4 Å². The minimum absolute atomic E-state index is 0.762. The average molecular weight is 489 g/mol. The molecule has 0 unspecified atom stereocenters.